The summed E-state index contributed by atoms with van der Waals surface area (Å²) in [5.41, 5.74) is 0.542. The van der Waals surface area contributed by atoms with Crippen LogP contribution in [0.1, 0.15) is 17.3 Å². The summed E-state index contributed by atoms with van der Waals surface area (Å²) < 4.78 is 36.6. The molecule has 0 radical (unpaired) electrons. The van der Waals surface area contributed by atoms with Gasteiger partial charge in [0.25, 0.3) is 17.3 Å². The van der Waals surface area contributed by atoms with Crippen molar-refractivity contribution in [3.8, 4) is 34.7 Å². The normalized spacial score (nSPS) is 10.7. The highest BCUT2D eigenvalue weighted by molar-refractivity contribution is 6.06. The number of carbonyl (C=O) groups is 1. The number of aromatic nitrogens is 4. The molecule has 1 amide bonds. The van der Waals surface area contributed by atoms with Crippen LogP contribution in [-0.2, 0) is 0 Å². The van der Waals surface area contributed by atoms with E-state index in [9.17, 15) is 14.0 Å². The standard InChI is InChI=1S/C29H24FN5O6/c1-4-40-21-12-14-35(24-10-5-17(30)16-32-24)29(37)25(21)27(36)33-18-6-8-19(9-7-18)41-22-11-13-31-20-15-23(38-2)28(39-3)34-26(20)22/h5-16H,4H2,1-3H3,(H,33,36). The lowest BCUT2D eigenvalue weighted by Gasteiger charge is -2.13. The van der Waals surface area contributed by atoms with E-state index in [-0.39, 0.29) is 29.6 Å². The minimum Gasteiger partial charge on any atom is -0.493 e. The van der Waals surface area contributed by atoms with E-state index in [2.05, 4.69) is 20.3 Å². The lowest BCUT2D eigenvalue weighted by molar-refractivity contribution is 0.102. The van der Waals surface area contributed by atoms with E-state index in [0.717, 1.165) is 10.8 Å². The Kier molecular flexibility index (Phi) is 7.72. The van der Waals surface area contributed by atoms with Crippen LogP contribution in [0.4, 0.5) is 10.1 Å². The fourth-order valence-electron chi connectivity index (χ4n) is 4.01. The number of ether oxygens (including phenoxy) is 4. The predicted octanol–water partition coefficient (Wildman–Crippen LogP) is 4.78. The molecule has 12 heteroatoms. The van der Waals surface area contributed by atoms with E-state index in [1.54, 1.807) is 49.5 Å². The molecule has 11 nitrogen and oxygen atoms in total. The van der Waals surface area contributed by atoms with E-state index < -0.39 is 17.3 Å². The summed E-state index contributed by atoms with van der Waals surface area (Å²) in [5, 5.41) is 2.71. The zero-order valence-electron chi connectivity index (χ0n) is 22.3. The van der Waals surface area contributed by atoms with Gasteiger partial charge >= 0.3 is 0 Å². The minimum atomic E-state index is -0.686. The zero-order valence-corrected chi connectivity index (χ0v) is 22.3. The number of fused-ring (bicyclic) bond motifs is 1. The smallest absolute Gasteiger partial charge is 0.272 e. The summed E-state index contributed by atoms with van der Waals surface area (Å²) in [4.78, 5) is 39.2. The van der Waals surface area contributed by atoms with Gasteiger partial charge in [0, 0.05) is 30.2 Å². The molecule has 5 aromatic rings. The predicted molar refractivity (Wildman–Crippen MR) is 148 cm³/mol. The van der Waals surface area contributed by atoms with E-state index in [1.165, 1.54) is 38.6 Å². The van der Waals surface area contributed by atoms with Crippen LogP contribution >= 0.6 is 0 Å². The van der Waals surface area contributed by atoms with E-state index >= 15 is 0 Å². The van der Waals surface area contributed by atoms with Gasteiger partial charge in [-0.15, -0.1) is 0 Å². The molecule has 1 aromatic carbocycles. The van der Waals surface area contributed by atoms with Crippen molar-refractivity contribution in [2.24, 2.45) is 0 Å². The summed E-state index contributed by atoms with van der Waals surface area (Å²) in [6.07, 6.45) is 3.99. The van der Waals surface area contributed by atoms with Crippen LogP contribution in [0.25, 0.3) is 16.9 Å². The highest BCUT2D eigenvalue weighted by atomic mass is 19.1. The molecule has 0 atom stereocenters. The topological polar surface area (TPSA) is 127 Å². The summed E-state index contributed by atoms with van der Waals surface area (Å²) in [6, 6.07) is 13.9. The van der Waals surface area contributed by atoms with Crippen molar-refractivity contribution in [1.29, 1.82) is 0 Å². The van der Waals surface area contributed by atoms with Crippen LogP contribution in [0.3, 0.4) is 0 Å². The third-order valence-corrected chi connectivity index (χ3v) is 5.90. The second kappa shape index (κ2) is 11.7. The van der Waals surface area contributed by atoms with Crippen LogP contribution in [-0.4, -0.2) is 46.3 Å². The van der Waals surface area contributed by atoms with Gasteiger partial charge in [-0.3, -0.25) is 19.1 Å². The maximum absolute atomic E-state index is 13.3. The van der Waals surface area contributed by atoms with Gasteiger partial charge in [-0.2, -0.15) is 0 Å². The molecule has 4 heterocycles. The fraction of sp³-hybridized carbons (Fsp3) is 0.138. The summed E-state index contributed by atoms with van der Waals surface area (Å²) in [7, 11) is 3.00. The Morgan fingerprint density at radius 1 is 0.976 bits per heavy atom. The molecule has 0 aliphatic carbocycles. The molecule has 0 aliphatic heterocycles. The van der Waals surface area contributed by atoms with Gasteiger partial charge in [-0.25, -0.2) is 14.4 Å². The summed E-state index contributed by atoms with van der Waals surface area (Å²) >= 11 is 0. The van der Waals surface area contributed by atoms with E-state index in [1.807, 2.05) is 0 Å². The third-order valence-electron chi connectivity index (χ3n) is 5.90. The quantitative estimate of drug-likeness (QED) is 0.273. The van der Waals surface area contributed by atoms with Gasteiger partial charge in [-0.05, 0) is 49.4 Å². The average Bonchev–Trinajstić information content (AvgIpc) is 2.98. The van der Waals surface area contributed by atoms with Crippen molar-refractivity contribution < 1.29 is 28.1 Å². The Bertz CT molecular complexity index is 1770. The molecule has 41 heavy (non-hydrogen) atoms. The summed E-state index contributed by atoms with van der Waals surface area (Å²) in [6.45, 7) is 1.98. The number of halogens is 1. The second-order valence-corrected chi connectivity index (χ2v) is 8.46. The molecule has 208 valence electrons. The van der Waals surface area contributed by atoms with Crippen molar-refractivity contribution in [2.75, 3.05) is 26.1 Å². The Balaban J connectivity index is 1.39. The van der Waals surface area contributed by atoms with Crippen molar-refractivity contribution in [3.05, 3.63) is 94.9 Å². The molecule has 4 aromatic heterocycles. The monoisotopic (exact) mass is 557 g/mol. The second-order valence-electron chi connectivity index (χ2n) is 8.46. The highest BCUT2D eigenvalue weighted by Gasteiger charge is 2.21. The minimum absolute atomic E-state index is 0.109. The van der Waals surface area contributed by atoms with Gasteiger partial charge in [0.1, 0.15) is 34.2 Å². The summed E-state index contributed by atoms with van der Waals surface area (Å²) in [5.74, 6) is 0.663. The number of rotatable bonds is 9. The highest BCUT2D eigenvalue weighted by Crippen LogP contribution is 2.34. The zero-order chi connectivity index (χ0) is 28.9. The first-order chi connectivity index (χ1) is 19.9. The molecule has 0 aliphatic rings. The van der Waals surface area contributed by atoms with Gasteiger partial charge in [0.05, 0.1) is 32.5 Å². The van der Waals surface area contributed by atoms with Gasteiger partial charge in [0.2, 0.25) is 0 Å². The number of hydrogen-bond donors (Lipinski definition) is 1. The van der Waals surface area contributed by atoms with Crippen LogP contribution < -0.4 is 29.8 Å². The Morgan fingerprint density at radius 3 is 2.46 bits per heavy atom. The first-order valence-electron chi connectivity index (χ1n) is 12.4. The van der Waals surface area contributed by atoms with Gasteiger partial charge in [0.15, 0.2) is 11.5 Å². The molecule has 0 saturated heterocycles. The molecule has 0 unspecified atom stereocenters. The number of pyridine rings is 4. The lowest BCUT2D eigenvalue weighted by atomic mass is 10.2. The molecule has 0 bridgehead atoms. The van der Waals surface area contributed by atoms with Gasteiger partial charge in [-0.1, -0.05) is 0 Å². The van der Waals surface area contributed by atoms with Crippen LogP contribution in [0.5, 0.6) is 28.9 Å². The van der Waals surface area contributed by atoms with Gasteiger partial charge < -0.3 is 24.3 Å². The molecule has 0 saturated carbocycles. The Morgan fingerprint density at radius 2 is 1.78 bits per heavy atom. The number of nitrogens with one attached hydrogen (secondary N) is 1. The number of nitrogens with zero attached hydrogens (tertiary/aromatic N) is 4. The van der Waals surface area contributed by atoms with Crippen molar-refractivity contribution in [2.45, 2.75) is 6.92 Å². The molecule has 0 fully saturated rings. The molecule has 1 N–H and O–H groups in total. The maximum atomic E-state index is 13.3. The Hall–Kier alpha value is -5.52. The number of benzene rings is 1. The van der Waals surface area contributed by atoms with E-state index in [4.69, 9.17) is 18.9 Å². The number of hydrogen-bond acceptors (Lipinski definition) is 9. The first-order valence-corrected chi connectivity index (χ1v) is 12.4. The maximum Gasteiger partial charge on any atom is 0.272 e. The van der Waals surface area contributed by atoms with Crippen LogP contribution in [0.15, 0.2) is 78.0 Å². The van der Waals surface area contributed by atoms with Crippen LogP contribution in [0.2, 0.25) is 0 Å². The van der Waals surface area contributed by atoms with E-state index in [0.29, 0.717) is 34.0 Å². The third kappa shape index (κ3) is 5.62. The molecule has 0 spiro atoms. The number of amides is 1. The SMILES string of the molecule is CCOc1ccn(-c2ccc(F)cn2)c(=O)c1C(=O)Nc1ccc(Oc2ccnc3cc(OC)c(OC)nc23)cc1. The number of anilines is 1. The largest absolute Gasteiger partial charge is 0.493 e. The molecular weight excluding hydrogens is 533 g/mol. The first kappa shape index (κ1) is 27.1. The lowest BCUT2D eigenvalue weighted by Crippen LogP contribution is -2.29. The fourth-order valence-corrected chi connectivity index (χ4v) is 4.01. The van der Waals surface area contributed by atoms with Crippen LogP contribution in [0, 0.1) is 5.82 Å². The Labute approximate surface area is 233 Å². The number of methoxy groups -OCH3 is 2. The van der Waals surface area contributed by atoms with Crippen molar-refractivity contribution >= 4 is 22.6 Å². The number of carbonyl (C=O) groups excluding carboxylic acids is 1. The average molecular weight is 558 g/mol. The molecular formula is C29H24FN5O6. The molecule has 5 rings (SSSR count). The van der Waals surface area contributed by atoms with Crippen molar-refractivity contribution in [1.82, 2.24) is 19.5 Å². The van der Waals surface area contributed by atoms with Crippen molar-refractivity contribution in [3.63, 3.8) is 0 Å².